The minimum atomic E-state index is -4.54. The van der Waals surface area contributed by atoms with Crippen molar-refractivity contribution in [3.05, 3.63) is 91.8 Å². The van der Waals surface area contributed by atoms with Crippen LogP contribution in [-0.4, -0.2) is 30.7 Å². The zero-order chi connectivity index (χ0) is 26.0. The molecular formula is C23H15BrN2O7S3. The van der Waals surface area contributed by atoms with Crippen molar-refractivity contribution in [2.75, 3.05) is 12.0 Å². The summed E-state index contributed by atoms with van der Waals surface area (Å²) in [4.78, 5) is 24.7. The van der Waals surface area contributed by atoms with Gasteiger partial charge in [0.25, 0.3) is 11.6 Å². The van der Waals surface area contributed by atoms with E-state index in [0.29, 0.717) is 20.5 Å². The molecule has 0 saturated carbocycles. The van der Waals surface area contributed by atoms with E-state index < -0.39 is 25.6 Å². The quantitative estimate of drug-likeness (QED) is 0.112. The molecule has 0 radical (unpaired) electrons. The van der Waals surface area contributed by atoms with Gasteiger partial charge in [0.15, 0.2) is 20.7 Å². The highest BCUT2D eigenvalue weighted by molar-refractivity contribution is 9.10. The van der Waals surface area contributed by atoms with Gasteiger partial charge in [0.1, 0.15) is 0 Å². The Bertz CT molecular complexity index is 1540. The first-order valence-corrected chi connectivity index (χ1v) is 13.4. The second-order valence-corrected chi connectivity index (χ2v) is 11.3. The standard InChI is InChI=1S/C23H15BrN2O7S3/c1-32-19-11-14(12-20-22(27)25(23(34)35-20)16-6-4-5-15(24)13-16)9-10-18(19)33-36(30,31)21-8-3-2-7-17(21)26(28)29/h2-13H,1H3/b20-12-. The van der Waals surface area contributed by atoms with Crippen molar-refractivity contribution in [3.8, 4) is 11.5 Å². The lowest BCUT2D eigenvalue weighted by Crippen LogP contribution is -2.27. The number of rotatable bonds is 7. The lowest BCUT2D eigenvalue weighted by atomic mass is 10.2. The van der Waals surface area contributed by atoms with Crippen LogP contribution in [0.2, 0.25) is 0 Å². The third kappa shape index (κ3) is 5.28. The van der Waals surface area contributed by atoms with Crippen molar-refractivity contribution < 1.29 is 27.1 Å². The largest absolute Gasteiger partial charge is 0.493 e. The van der Waals surface area contributed by atoms with E-state index in [0.717, 1.165) is 28.4 Å². The van der Waals surface area contributed by atoms with Gasteiger partial charge >= 0.3 is 10.1 Å². The lowest BCUT2D eigenvalue weighted by molar-refractivity contribution is -0.387. The number of nitrogens with zero attached hydrogens (tertiary/aromatic N) is 2. The number of amides is 1. The Balaban J connectivity index is 1.62. The SMILES string of the molecule is COc1cc(/C=C2\SC(=S)N(c3cccc(Br)c3)C2=O)ccc1OS(=O)(=O)c1ccccc1[N+](=O)[O-]. The summed E-state index contributed by atoms with van der Waals surface area (Å²) in [5.74, 6) is -0.427. The van der Waals surface area contributed by atoms with Crippen LogP contribution in [0.15, 0.2) is 81.0 Å². The van der Waals surface area contributed by atoms with Crippen LogP contribution in [0.25, 0.3) is 6.08 Å². The summed E-state index contributed by atoms with van der Waals surface area (Å²) in [6.07, 6.45) is 1.60. The van der Waals surface area contributed by atoms with Gasteiger partial charge in [-0.1, -0.05) is 64.2 Å². The predicted octanol–water partition coefficient (Wildman–Crippen LogP) is 5.54. The van der Waals surface area contributed by atoms with Gasteiger partial charge in [-0.05, 0) is 48.0 Å². The molecule has 3 aromatic rings. The van der Waals surface area contributed by atoms with Crippen LogP contribution in [-0.2, 0) is 14.9 Å². The number of nitro groups is 1. The molecule has 1 aliphatic heterocycles. The van der Waals surface area contributed by atoms with Crippen LogP contribution in [0, 0.1) is 10.1 Å². The molecule has 0 aromatic heterocycles. The highest BCUT2D eigenvalue weighted by Crippen LogP contribution is 2.38. The first-order valence-electron chi connectivity index (χ1n) is 10.00. The van der Waals surface area contributed by atoms with Crippen molar-refractivity contribution in [1.82, 2.24) is 0 Å². The van der Waals surface area contributed by atoms with E-state index in [1.54, 1.807) is 24.3 Å². The highest BCUT2D eigenvalue weighted by Gasteiger charge is 2.33. The number of hydrogen-bond donors (Lipinski definition) is 0. The summed E-state index contributed by atoms with van der Waals surface area (Å²) >= 11 is 9.90. The van der Waals surface area contributed by atoms with Crippen LogP contribution in [0.3, 0.4) is 0 Å². The molecule has 0 aliphatic carbocycles. The monoisotopic (exact) mass is 606 g/mol. The molecular weight excluding hydrogens is 592 g/mol. The fraction of sp³-hybridized carbons (Fsp3) is 0.0435. The summed E-state index contributed by atoms with van der Waals surface area (Å²) in [5.41, 5.74) is 0.536. The Kier molecular flexibility index (Phi) is 7.45. The van der Waals surface area contributed by atoms with Crippen LogP contribution < -0.4 is 13.8 Å². The second kappa shape index (κ2) is 10.4. The van der Waals surface area contributed by atoms with Gasteiger partial charge in [-0.3, -0.25) is 19.8 Å². The molecule has 9 nitrogen and oxygen atoms in total. The van der Waals surface area contributed by atoms with Gasteiger partial charge in [0, 0.05) is 10.5 Å². The molecule has 1 aliphatic rings. The van der Waals surface area contributed by atoms with Crippen molar-refractivity contribution in [2.45, 2.75) is 4.90 Å². The number of thiocarbonyl (C=S) groups is 1. The van der Waals surface area contributed by atoms with Gasteiger partial charge in [-0.2, -0.15) is 8.42 Å². The Hall–Kier alpha value is -3.26. The van der Waals surface area contributed by atoms with Gasteiger partial charge < -0.3 is 8.92 Å². The minimum absolute atomic E-state index is 0.0494. The zero-order valence-electron chi connectivity index (χ0n) is 18.3. The maximum absolute atomic E-state index is 13.0. The van der Waals surface area contributed by atoms with Crippen LogP contribution >= 0.6 is 39.9 Å². The van der Waals surface area contributed by atoms with E-state index in [2.05, 4.69) is 15.9 Å². The number of hydrogen-bond acceptors (Lipinski definition) is 9. The average Bonchev–Trinajstić information content (AvgIpc) is 3.12. The average molecular weight is 607 g/mol. The molecule has 0 atom stereocenters. The molecule has 1 heterocycles. The van der Waals surface area contributed by atoms with Crippen LogP contribution in [0.1, 0.15) is 5.56 Å². The smallest absolute Gasteiger partial charge is 0.346 e. The molecule has 13 heteroatoms. The summed E-state index contributed by atoms with van der Waals surface area (Å²) in [5, 5.41) is 11.2. The minimum Gasteiger partial charge on any atom is -0.493 e. The Labute approximate surface area is 224 Å². The third-order valence-corrected chi connectivity index (χ3v) is 7.95. The molecule has 36 heavy (non-hydrogen) atoms. The molecule has 3 aromatic carbocycles. The van der Waals surface area contributed by atoms with E-state index in [1.165, 1.54) is 42.3 Å². The van der Waals surface area contributed by atoms with Crippen molar-refractivity contribution in [3.63, 3.8) is 0 Å². The number of benzene rings is 3. The maximum atomic E-state index is 13.0. The number of ether oxygens (including phenoxy) is 1. The Morgan fingerprint density at radius 3 is 2.53 bits per heavy atom. The zero-order valence-corrected chi connectivity index (χ0v) is 22.3. The topological polar surface area (TPSA) is 116 Å². The van der Waals surface area contributed by atoms with Crippen LogP contribution in [0.4, 0.5) is 11.4 Å². The number of para-hydroxylation sites is 1. The first-order chi connectivity index (χ1) is 17.1. The molecule has 184 valence electrons. The van der Waals surface area contributed by atoms with Crippen LogP contribution in [0.5, 0.6) is 11.5 Å². The van der Waals surface area contributed by atoms with Crippen molar-refractivity contribution >= 4 is 77.7 Å². The second-order valence-electron chi connectivity index (χ2n) is 7.17. The molecule has 0 N–H and O–H groups in total. The number of anilines is 1. The number of carbonyl (C=O) groups excluding carboxylic acids is 1. The van der Waals surface area contributed by atoms with Gasteiger partial charge in [-0.15, -0.1) is 0 Å². The molecule has 1 fully saturated rings. The summed E-state index contributed by atoms with van der Waals surface area (Å²) in [6.45, 7) is 0. The highest BCUT2D eigenvalue weighted by atomic mass is 79.9. The lowest BCUT2D eigenvalue weighted by Gasteiger charge is -2.14. The van der Waals surface area contributed by atoms with Gasteiger partial charge in [0.05, 0.1) is 22.6 Å². The van der Waals surface area contributed by atoms with Gasteiger partial charge in [-0.25, -0.2) is 0 Å². The molecule has 1 saturated heterocycles. The predicted molar refractivity (Wildman–Crippen MR) is 144 cm³/mol. The number of methoxy groups -OCH3 is 1. The van der Waals surface area contributed by atoms with Crippen molar-refractivity contribution in [1.29, 1.82) is 0 Å². The normalized spacial score (nSPS) is 14.8. The molecule has 0 spiro atoms. The fourth-order valence-corrected chi connectivity index (χ4v) is 6.08. The number of halogens is 1. The maximum Gasteiger partial charge on any atom is 0.346 e. The first kappa shape index (κ1) is 25.8. The fourth-order valence-electron chi connectivity index (χ4n) is 3.28. The number of carbonyl (C=O) groups is 1. The third-order valence-electron chi connectivity index (χ3n) is 4.88. The van der Waals surface area contributed by atoms with E-state index >= 15 is 0 Å². The Morgan fingerprint density at radius 1 is 1.08 bits per heavy atom. The summed E-state index contributed by atoms with van der Waals surface area (Å²) in [7, 11) is -3.22. The van der Waals surface area contributed by atoms with E-state index in [9.17, 15) is 23.3 Å². The number of thioether (sulfide) groups is 1. The van der Waals surface area contributed by atoms with E-state index in [-0.39, 0.29) is 17.4 Å². The summed E-state index contributed by atoms with van der Waals surface area (Å²) in [6, 6.07) is 16.4. The van der Waals surface area contributed by atoms with E-state index in [4.69, 9.17) is 21.1 Å². The Morgan fingerprint density at radius 2 is 1.83 bits per heavy atom. The molecule has 1 amide bonds. The molecule has 4 rings (SSSR count). The van der Waals surface area contributed by atoms with Crippen molar-refractivity contribution in [2.24, 2.45) is 0 Å². The molecule has 0 unspecified atom stereocenters. The number of nitro benzene ring substituents is 1. The summed E-state index contributed by atoms with van der Waals surface area (Å²) < 4.78 is 37.1. The van der Waals surface area contributed by atoms with E-state index in [1.807, 2.05) is 6.07 Å². The molecule has 0 bridgehead atoms. The van der Waals surface area contributed by atoms with Gasteiger partial charge in [0.2, 0.25) is 0 Å².